The van der Waals surface area contributed by atoms with Crippen LogP contribution in [0.4, 0.5) is 0 Å². The number of nitrogens with one attached hydrogen (secondary N) is 1. The second kappa shape index (κ2) is 7.31. The average molecular weight is 310 g/mol. The topological polar surface area (TPSA) is 45.1 Å². The molecule has 0 unspecified atom stereocenters. The third kappa shape index (κ3) is 3.67. The first kappa shape index (κ1) is 15.6. The van der Waals surface area contributed by atoms with Gasteiger partial charge in [-0.2, -0.15) is 0 Å². The Bertz CT molecular complexity index is 495. The molecule has 2 heterocycles. The fourth-order valence-corrected chi connectivity index (χ4v) is 3.77. The Hall–Kier alpha value is -0.750. The van der Waals surface area contributed by atoms with Gasteiger partial charge in [0.2, 0.25) is 0 Å². The lowest BCUT2D eigenvalue weighted by Crippen LogP contribution is -2.36. The van der Waals surface area contributed by atoms with Crippen molar-refractivity contribution in [2.75, 3.05) is 13.2 Å². The highest BCUT2D eigenvalue weighted by Gasteiger charge is 2.24. The number of aliphatic hydroxyl groups excluding tert-OH is 1. The molecule has 0 amide bonds. The van der Waals surface area contributed by atoms with E-state index in [9.17, 15) is 5.11 Å². The van der Waals surface area contributed by atoms with E-state index in [1.807, 2.05) is 0 Å². The minimum atomic E-state index is 0.00655. The predicted molar refractivity (Wildman–Crippen MR) is 87.2 cm³/mol. The molecule has 2 N–H and O–H groups in total. The lowest BCUT2D eigenvalue weighted by molar-refractivity contribution is 0.113. The van der Waals surface area contributed by atoms with Crippen LogP contribution in [-0.2, 0) is 6.54 Å². The Morgan fingerprint density at radius 2 is 2.10 bits per heavy atom. The molecule has 0 spiro atoms. The van der Waals surface area contributed by atoms with Crippen molar-refractivity contribution >= 4 is 22.7 Å². The van der Waals surface area contributed by atoms with Crippen molar-refractivity contribution in [2.24, 2.45) is 5.41 Å². The molecule has 0 saturated carbocycles. The predicted octanol–water partition coefficient (Wildman–Crippen LogP) is 3.76. The van der Waals surface area contributed by atoms with Gasteiger partial charge in [0.05, 0.1) is 10.6 Å². The van der Waals surface area contributed by atoms with Gasteiger partial charge in [-0.3, -0.25) is 0 Å². The number of thiophene rings is 1. The molecule has 2 aromatic heterocycles. The number of hydrogen-bond donors (Lipinski definition) is 2. The van der Waals surface area contributed by atoms with Gasteiger partial charge in [-0.15, -0.1) is 22.7 Å². The van der Waals surface area contributed by atoms with Gasteiger partial charge < -0.3 is 10.4 Å². The molecule has 20 heavy (non-hydrogen) atoms. The molecule has 0 radical (unpaired) electrons. The van der Waals surface area contributed by atoms with Crippen molar-refractivity contribution in [1.82, 2.24) is 10.3 Å². The summed E-state index contributed by atoms with van der Waals surface area (Å²) in [6.45, 7) is 6.12. The molecule has 0 bridgehead atoms. The maximum absolute atomic E-state index is 9.55. The summed E-state index contributed by atoms with van der Waals surface area (Å²) in [6.07, 6.45) is 1.98. The van der Waals surface area contributed by atoms with Gasteiger partial charge in [0.15, 0.2) is 0 Å². The molecule has 0 saturated heterocycles. The summed E-state index contributed by atoms with van der Waals surface area (Å²) in [6, 6.07) is 4.16. The van der Waals surface area contributed by atoms with Gasteiger partial charge in [0, 0.05) is 30.5 Å². The number of rotatable bonds is 8. The van der Waals surface area contributed by atoms with E-state index in [1.54, 1.807) is 22.7 Å². The van der Waals surface area contributed by atoms with Crippen molar-refractivity contribution in [1.29, 1.82) is 0 Å². The molecule has 3 nitrogen and oxygen atoms in total. The summed E-state index contributed by atoms with van der Waals surface area (Å²) in [7, 11) is 0. The van der Waals surface area contributed by atoms with Crippen LogP contribution in [0.15, 0.2) is 22.9 Å². The molecular weight excluding hydrogens is 288 g/mol. The molecule has 0 aliphatic rings. The Morgan fingerprint density at radius 1 is 1.30 bits per heavy atom. The first-order valence-corrected chi connectivity index (χ1v) is 8.79. The molecule has 2 rings (SSSR count). The van der Waals surface area contributed by atoms with Crippen LogP contribution in [0, 0.1) is 5.41 Å². The van der Waals surface area contributed by atoms with Crippen LogP contribution < -0.4 is 5.32 Å². The number of aromatic nitrogens is 1. The van der Waals surface area contributed by atoms with Gasteiger partial charge in [-0.1, -0.05) is 19.9 Å². The van der Waals surface area contributed by atoms with Crippen LogP contribution in [0.3, 0.4) is 0 Å². The van der Waals surface area contributed by atoms with Gasteiger partial charge in [0.25, 0.3) is 0 Å². The van der Waals surface area contributed by atoms with E-state index < -0.39 is 0 Å². The van der Waals surface area contributed by atoms with E-state index >= 15 is 0 Å². The van der Waals surface area contributed by atoms with Crippen molar-refractivity contribution < 1.29 is 5.11 Å². The maximum Gasteiger partial charge on any atom is 0.133 e. The summed E-state index contributed by atoms with van der Waals surface area (Å²) in [5.74, 6) is 0. The molecule has 110 valence electrons. The Morgan fingerprint density at radius 3 is 2.70 bits per heavy atom. The highest BCUT2D eigenvalue weighted by molar-refractivity contribution is 7.20. The minimum Gasteiger partial charge on any atom is -0.396 e. The van der Waals surface area contributed by atoms with Gasteiger partial charge in [-0.25, -0.2) is 4.98 Å². The normalized spacial score (nSPS) is 11.9. The van der Waals surface area contributed by atoms with E-state index in [4.69, 9.17) is 0 Å². The Balaban J connectivity index is 1.89. The zero-order valence-electron chi connectivity index (χ0n) is 12.1. The molecule has 0 aliphatic carbocycles. The molecular formula is C15H22N2OS2. The SMILES string of the molecule is CCC(CC)(CO)CNCc1csc(-c2cccs2)n1. The van der Waals surface area contributed by atoms with Crippen LogP contribution in [0.2, 0.25) is 0 Å². The number of thiazole rings is 1. The first-order valence-electron chi connectivity index (χ1n) is 7.03. The number of aliphatic hydroxyl groups is 1. The monoisotopic (exact) mass is 310 g/mol. The van der Waals surface area contributed by atoms with Gasteiger partial charge in [0.1, 0.15) is 5.01 Å². The maximum atomic E-state index is 9.55. The third-order valence-corrected chi connectivity index (χ3v) is 5.86. The van der Waals surface area contributed by atoms with Crippen molar-refractivity contribution in [2.45, 2.75) is 33.2 Å². The lowest BCUT2D eigenvalue weighted by Gasteiger charge is -2.29. The van der Waals surface area contributed by atoms with E-state index in [1.165, 1.54) is 4.88 Å². The minimum absolute atomic E-state index is 0.00655. The molecule has 5 heteroatoms. The Labute approximate surface area is 128 Å². The third-order valence-electron chi connectivity index (χ3n) is 3.93. The smallest absolute Gasteiger partial charge is 0.133 e. The summed E-state index contributed by atoms with van der Waals surface area (Å²) in [5.41, 5.74) is 1.09. The summed E-state index contributed by atoms with van der Waals surface area (Å²) >= 11 is 3.42. The molecule has 0 fully saturated rings. The van der Waals surface area contributed by atoms with Crippen molar-refractivity contribution in [3.8, 4) is 9.88 Å². The van der Waals surface area contributed by atoms with Crippen LogP contribution in [0.25, 0.3) is 9.88 Å². The van der Waals surface area contributed by atoms with E-state index in [0.717, 1.165) is 36.6 Å². The van der Waals surface area contributed by atoms with E-state index in [-0.39, 0.29) is 12.0 Å². The largest absolute Gasteiger partial charge is 0.396 e. The zero-order valence-corrected chi connectivity index (χ0v) is 13.7. The van der Waals surface area contributed by atoms with Crippen LogP contribution in [-0.4, -0.2) is 23.2 Å². The summed E-state index contributed by atoms with van der Waals surface area (Å²) in [4.78, 5) is 5.88. The highest BCUT2D eigenvalue weighted by Crippen LogP contribution is 2.28. The van der Waals surface area contributed by atoms with Crippen LogP contribution in [0.5, 0.6) is 0 Å². The summed E-state index contributed by atoms with van der Waals surface area (Å²) < 4.78 is 0. The molecule has 0 aromatic carbocycles. The fraction of sp³-hybridized carbons (Fsp3) is 0.533. The van der Waals surface area contributed by atoms with E-state index in [0.29, 0.717) is 0 Å². The van der Waals surface area contributed by atoms with Crippen LogP contribution in [0.1, 0.15) is 32.4 Å². The fourth-order valence-electron chi connectivity index (χ4n) is 2.14. The number of nitrogens with zero attached hydrogens (tertiary/aromatic N) is 1. The van der Waals surface area contributed by atoms with Gasteiger partial charge >= 0.3 is 0 Å². The quantitative estimate of drug-likeness (QED) is 0.780. The van der Waals surface area contributed by atoms with E-state index in [2.05, 4.69) is 47.0 Å². The lowest BCUT2D eigenvalue weighted by atomic mass is 9.83. The van der Waals surface area contributed by atoms with Crippen molar-refractivity contribution in [3.63, 3.8) is 0 Å². The average Bonchev–Trinajstić information content (AvgIpc) is 3.15. The first-order chi connectivity index (χ1) is 9.73. The van der Waals surface area contributed by atoms with Gasteiger partial charge in [-0.05, 0) is 24.3 Å². The summed E-state index contributed by atoms with van der Waals surface area (Å²) in [5, 5.41) is 18.3. The standard InChI is InChI=1S/C15H22N2OS2/c1-3-15(4-2,11-18)10-16-8-12-9-20-14(17-12)13-6-5-7-19-13/h5-7,9,16,18H,3-4,8,10-11H2,1-2H3. The second-order valence-corrected chi connectivity index (χ2v) is 6.90. The highest BCUT2D eigenvalue weighted by atomic mass is 32.1. The second-order valence-electron chi connectivity index (χ2n) is 5.09. The Kier molecular flexibility index (Phi) is 5.72. The van der Waals surface area contributed by atoms with Crippen LogP contribution >= 0.6 is 22.7 Å². The molecule has 2 aromatic rings. The molecule has 0 aliphatic heterocycles. The zero-order chi connectivity index (χ0) is 14.4. The van der Waals surface area contributed by atoms with Crippen molar-refractivity contribution in [3.05, 3.63) is 28.6 Å². The number of hydrogen-bond acceptors (Lipinski definition) is 5. The molecule has 0 atom stereocenters.